The summed E-state index contributed by atoms with van der Waals surface area (Å²) in [6.07, 6.45) is 0. The molecular weight excluding hydrogens is 208 g/mol. The van der Waals surface area contributed by atoms with Gasteiger partial charge in [0.2, 0.25) is 0 Å². The zero-order valence-electron chi connectivity index (χ0n) is 11.9. The van der Waals surface area contributed by atoms with E-state index in [-0.39, 0.29) is 5.41 Å². The molecule has 17 heavy (non-hydrogen) atoms. The van der Waals surface area contributed by atoms with Crippen molar-refractivity contribution in [3.05, 3.63) is 34.9 Å². The largest absolute Gasteiger partial charge is 0.318 e. The monoisotopic (exact) mass is 234 g/mol. The third-order valence-electron chi connectivity index (χ3n) is 3.24. The fourth-order valence-electron chi connectivity index (χ4n) is 2.17. The van der Waals surface area contributed by atoms with E-state index in [1.54, 1.807) is 0 Å². The van der Waals surface area contributed by atoms with E-state index in [0.717, 1.165) is 19.6 Å². The molecule has 0 saturated heterocycles. The average Bonchev–Trinajstić information content (AvgIpc) is 2.28. The van der Waals surface area contributed by atoms with Crippen molar-refractivity contribution in [3.63, 3.8) is 0 Å². The van der Waals surface area contributed by atoms with E-state index in [9.17, 15) is 0 Å². The van der Waals surface area contributed by atoms with Crippen molar-refractivity contribution in [2.24, 2.45) is 0 Å². The summed E-state index contributed by atoms with van der Waals surface area (Å²) < 4.78 is 0. The molecule has 0 heterocycles. The third kappa shape index (κ3) is 4.14. The summed E-state index contributed by atoms with van der Waals surface area (Å²) in [4.78, 5) is 0. The molecule has 0 amide bonds. The van der Waals surface area contributed by atoms with Crippen LogP contribution in [0.4, 0.5) is 0 Å². The van der Waals surface area contributed by atoms with Crippen molar-refractivity contribution in [2.45, 2.75) is 33.1 Å². The molecule has 0 bridgehead atoms. The molecule has 0 aliphatic rings. The van der Waals surface area contributed by atoms with Crippen LogP contribution in [0.2, 0.25) is 0 Å². The molecule has 96 valence electrons. The third-order valence-corrected chi connectivity index (χ3v) is 3.24. The van der Waals surface area contributed by atoms with Crippen molar-refractivity contribution in [1.29, 1.82) is 0 Å². The quantitative estimate of drug-likeness (QED) is 0.739. The Kier molecular flexibility index (Phi) is 5.16. The molecule has 0 radical (unpaired) electrons. The molecule has 0 saturated carbocycles. The predicted molar refractivity (Wildman–Crippen MR) is 75.7 cm³/mol. The highest BCUT2D eigenvalue weighted by Crippen LogP contribution is 2.26. The number of aryl methyl sites for hydroxylation is 2. The summed E-state index contributed by atoms with van der Waals surface area (Å²) in [5.41, 5.74) is 4.36. The lowest BCUT2D eigenvalue weighted by molar-refractivity contribution is 0.466. The lowest BCUT2D eigenvalue weighted by atomic mass is 9.81. The Morgan fingerprint density at radius 3 is 2.47 bits per heavy atom. The number of nitrogens with one attached hydrogen (secondary N) is 2. The molecule has 0 unspecified atom stereocenters. The number of rotatable bonds is 6. The van der Waals surface area contributed by atoms with Gasteiger partial charge < -0.3 is 10.6 Å². The highest BCUT2D eigenvalue weighted by molar-refractivity contribution is 5.36. The van der Waals surface area contributed by atoms with E-state index in [4.69, 9.17) is 0 Å². The highest BCUT2D eigenvalue weighted by atomic mass is 14.9. The maximum Gasteiger partial charge on any atom is 0.00769 e. The normalized spacial score (nSPS) is 11.8. The van der Waals surface area contributed by atoms with Gasteiger partial charge in [-0.25, -0.2) is 0 Å². The first kappa shape index (κ1) is 14.2. The molecule has 1 aromatic carbocycles. The van der Waals surface area contributed by atoms with Crippen molar-refractivity contribution >= 4 is 0 Å². The lowest BCUT2D eigenvalue weighted by Crippen LogP contribution is -2.36. The summed E-state index contributed by atoms with van der Waals surface area (Å²) in [6.45, 7) is 12.0. The summed E-state index contributed by atoms with van der Waals surface area (Å²) in [5.74, 6) is 0. The predicted octanol–water partition coefficient (Wildman–Crippen LogP) is 2.39. The second-order valence-electron chi connectivity index (χ2n) is 5.48. The number of hydrogen-bond donors (Lipinski definition) is 2. The SMILES string of the molecule is CNCCNCC(C)(C)c1cc(C)ccc1C. The number of benzene rings is 1. The van der Waals surface area contributed by atoms with E-state index < -0.39 is 0 Å². The maximum absolute atomic E-state index is 3.51. The van der Waals surface area contributed by atoms with E-state index in [2.05, 4.69) is 56.5 Å². The van der Waals surface area contributed by atoms with Crippen LogP contribution in [0.1, 0.15) is 30.5 Å². The minimum Gasteiger partial charge on any atom is -0.318 e. The van der Waals surface area contributed by atoms with Crippen LogP contribution in [0.3, 0.4) is 0 Å². The Hall–Kier alpha value is -0.860. The van der Waals surface area contributed by atoms with Gasteiger partial charge in [-0.1, -0.05) is 37.6 Å². The Bertz CT molecular complexity index is 356. The van der Waals surface area contributed by atoms with Gasteiger partial charge in [0.05, 0.1) is 0 Å². The van der Waals surface area contributed by atoms with Gasteiger partial charge in [0.15, 0.2) is 0 Å². The second-order valence-corrected chi connectivity index (χ2v) is 5.48. The zero-order chi connectivity index (χ0) is 12.9. The van der Waals surface area contributed by atoms with Crippen LogP contribution < -0.4 is 10.6 Å². The Labute approximate surface area is 106 Å². The van der Waals surface area contributed by atoms with Gasteiger partial charge in [-0.3, -0.25) is 0 Å². The van der Waals surface area contributed by atoms with Crippen LogP contribution in [0.15, 0.2) is 18.2 Å². The van der Waals surface area contributed by atoms with Gasteiger partial charge >= 0.3 is 0 Å². The van der Waals surface area contributed by atoms with Crippen LogP contribution in [-0.4, -0.2) is 26.7 Å². The molecular formula is C15H26N2. The van der Waals surface area contributed by atoms with E-state index >= 15 is 0 Å². The molecule has 2 N–H and O–H groups in total. The van der Waals surface area contributed by atoms with Gasteiger partial charge in [0.25, 0.3) is 0 Å². The minimum absolute atomic E-state index is 0.184. The van der Waals surface area contributed by atoms with Crippen molar-refractivity contribution < 1.29 is 0 Å². The van der Waals surface area contributed by atoms with E-state index in [1.807, 2.05) is 7.05 Å². The molecule has 0 fully saturated rings. The first-order chi connectivity index (χ1) is 7.97. The van der Waals surface area contributed by atoms with Gasteiger partial charge in [-0.2, -0.15) is 0 Å². The summed E-state index contributed by atoms with van der Waals surface area (Å²) in [5, 5.41) is 6.66. The smallest absolute Gasteiger partial charge is 0.00769 e. The molecule has 0 aliphatic carbocycles. The zero-order valence-corrected chi connectivity index (χ0v) is 11.9. The Morgan fingerprint density at radius 1 is 1.12 bits per heavy atom. The molecule has 0 aromatic heterocycles. The fraction of sp³-hybridized carbons (Fsp3) is 0.600. The van der Waals surface area contributed by atoms with Crippen molar-refractivity contribution in [3.8, 4) is 0 Å². The van der Waals surface area contributed by atoms with Crippen LogP contribution >= 0.6 is 0 Å². The van der Waals surface area contributed by atoms with Crippen LogP contribution in [0.25, 0.3) is 0 Å². The van der Waals surface area contributed by atoms with Gasteiger partial charge in [0.1, 0.15) is 0 Å². The lowest BCUT2D eigenvalue weighted by Gasteiger charge is -2.28. The van der Waals surface area contributed by atoms with E-state index in [0.29, 0.717) is 0 Å². The summed E-state index contributed by atoms with van der Waals surface area (Å²) in [6, 6.07) is 6.72. The van der Waals surface area contributed by atoms with Crippen LogP contribution in [0.5, 0.6) is 0 Å². The van der Waals surface area contributed by atoms with Gasteiger partial charge in [-0.05, 0) is 32.0 Å². The van der Waals surface area contributed by atoms with Crippen LogP contribution in [-0.2, 0) is 5.41 Å². The molecule has 0 spiro atoms. The molecule has 2 nitrogen and oxygen atoms in total. The highest BCUT2D eigenvalue weighted by Gasteiger charge is 2.21. The maximum atomic E-state index is 3.51. The molecule has 0 aliphatic heterocycles. The topological polar surface area (TPSA) is 24.1 Å². The fourth-order valence-corrected chi connectivity index (χ4v) is 2.17. The minimum atomic E-state index is 0.184. The van der Waals surface area contributed by atoms with Crippen molar-refractivity contribution in [2.75, 3.05) is 26.7 Å². The average molecular weight is 234 g/mol. The summed E-state index contributed by atoms with van der Waals surface area (Å²) >= 11 is 0. The molecule has 1 aromatic rings. The van der Waals surface area contributed by atoms with Gasteiger partial charge in [-0.15, -0.1) is 0 Å². The van der Waals surface area contributed by atoms with Crippen molar-refractivity contribution in [1.82, 2.24) is 10.6 Å². The Morgan fingerprint density at radius 2 is 1.82 bits per heavy atom. The standard InChI is InChI=1S/C15H26N2/c1-12-6-7-13(2)14(10-12)15(3,4)11-17-9-8-16-5/h6-7,10,16-17H,8-9,11H2,1-5H3. The second kappa shape index (κ2) is 6.18. The first-order valence-corrected chi connectivity index (χ1v) is 6.40. The van der Waals surface area contributed by atoms with Crippen LogP contribution in [0, 0.1) is 13.8 Å². The number of likely N-dealkylation sites (N-methyl/N-ethyl adjacent to an activating group) is 1. The first-order valence-electron chi connectivity index (χ1n) is 6.40. The van der Waals surface area contributed by atoms with Gasteiger partial charge in [0, 0.05) is 25.0 Å². The molecule has 1 rings (SSSR count). The Balaban J connectivity index is 2.71. The van der Waals surface area contributed by atoms with E-state index in [1.165, 1.54) is 16.7 Å². The molecule has 0 atom stereocenters. The number of hydrogen-bond acceptors (Lipinski definition) is 2. The summed E-state index contributed by atoms with van der Waals surface area (Å²) in [7, 11) is 1.98. The molecule has 2 heteroatoms.